The van der Waals surface area contributed by atoms with Crippen LogP contribution in [0.2, 0.25) is 5.02 Å². The first-order valence-corrected chi connectivity index (χ1v) is 11.0. The molecule has 4 aromatic rings. The summed E-state index contributed by atoms with van der Waals surface area (Å²) in [5.74, 6) is 1.90. The third-order valence-electron chi connectivity index (χ3n) is 5.22. The van der Waals surface area contributed by atoms with E-state index in [9.17, 15) is 0 Å². The molecule has 1 aromatic heterocycles. The number of benzene rings is 3. The molecule has 9 heteroatoms. The van der Waals surface area contributed by atoms with Gasteiger partial charge in [-0.25, -0.2) is 4.98 Å². The van der Waals surface area contributed by atoms with Gasteiger partial charge in [0.1, 0.15) is 11.5 Å². The van der Waals surface area contributed by atoms with Crippen LogP contribution >= 0.6 is 23.4 Å². The number of methoxy groups -OCH3 is 2. The Kier molecular flexibility index (Phi) is 5.50. The molecule has 162 valence electrons. The first-order chi connectivity index (χ1) is 15.6. The Morgan fingerprint density at radius 3 is 2.66 bits per heavy atom. The topological polar surface area (TPSA) is 92.4 Å². The van der Waals surface area contributed by atoms with Crippen molar-refractivity contribution in [2.75, 3.05) is 20.0 Å². The van der Waals surface area contributed by atoms with Crippen LogP contribution in [0.15, 0.2) is 52.5 Å². The molecule has 7 nitrogen and oxygen atoms in total. The van der Waals surface area contributed by atoms with E-state index in [1.165, 1.54) is 11.8 Å². The monoisotopic (exact) mass is 466 g/mol. The van der Waals surface area contributed by atoms with Crippen molar-refractivity contribution in [3.05, 3.63) is 58.6 Å². The molecule has 0 atom stereocenters. The first kappa shape index (κ1) is 20.8. The van der Waals surface area contributed by atoms with Crippen LogP contribution in [0.1, 0.15) is 11.1 Å². The lowest BCUT2D eigenvalue weighted by Crippen LogP contribution is -2.06. The van der Waals surface area contributed by atoms with Crippen molar-refractivity contribution < 1.29 is 14.2 Å². The standard InChI is InChI=1S/C23H19ClN4O3S/c1-29-14-6-7-17(30-2)18(9-14)32-23-27-21(26-22(25)28-23)20-15-5-3-4-12-10-31-11-13(19(12)15)8-16(20)24/h3-9H,10-11H2,1-2H3,(H2,25,26,27,28). The summed E-state index contributed by atoms with van der Waals surface area (Å²) in [6.45, 7) is 1.07. The van der Waals surface area contributed by atoms with Gasteiger partial charge in [-0.15, -0.1) is 0 Å². The highest BCUT2D eigenvalue weighted by Gasteiger charge is 2.21. The SMILES string of the molecule is COc1ccc(OC)c(Sc2nc(N)nc(-c3c(Cl)cc4c5c(cccc35)COC4)n2)c1. The van der Waals surface area contributed by atoms with Gasteiger partial charge in [-0.05, 0) is 57.9 Å². The molecule has 1 aliphatic heterocycles. The summed E-state index contributed by atoms with van der Waals surface area (Å²) in [5.41, 5.74) is 8.96. The third-order valence-corrected chi connectivity index (χ3v) is 6.43. The predicted molar refractivity (Wildman–Crippen MR) is 124 cm³/mol. The average molecular weight is 467 g/mol. The van der Waals surface area contributed by atoms with Gasteiger partial charge in [0.25, 0.3) is 0 Å². The van der Waals surface area contributed by atoms with Crippen molar-refractivity contribution >= 4 is 40.1 Å². The molecule has 2 N–H and O–H groups in total. The van der Waals surface area contributed by atoms with Gasteiger partial charge in [0.15, 0.2) is 11.0 Å². The lowest BCUT2D eigenvalue weighted by atomic mass is 9.94. The van der Waals surface area contributed by atoms with Crippen LogP contribution in [0.25, 0.3) is 22.2 Å². The zero-order chi connectivity index (χ0) is 22.2. The van der Waals surface area contributed by atoms with Crippen LogP contribution in [0.3, 0.4) is 0 Å². The number of halogens is 1. The molecule has 1 aliphatic rings. The number of hydrogen-bond acceptors (Lipinski definition) is 8. The Hall–Kier alpha value is -3.07. The van der Waals surface area contributed by atoms with Gasteiger partial charge in [0.2, 0.25) is 5.95 Å². The number of nitrogens with zero attached hydrogens (tertiary/aromatic N) is 3. The summed E-state index contributed by atoms with van der Waals surface area (Å²) < 4.78 is 16.5. The zero-order valence-electron chi connectivity index (χ0n) is 17.4. The summed E-state index contributed by atoms with van der Waals surface area (Å²) in [6, 6.07) is 13.5. The minimum absolute atomic E-state index is 0.110. The van der Waals surface area contributed by atoms with Gasteiger partial charge in [-0.3, -0.25) is 0 Å². The zero-order valence-corrected chi connectivity index (χ0v) is 19.0. The van der Waals surface area contributed by atoms with E-state index in [2.05, 4.69) is 16.0 Å². The summed E-state index contributed by atoms with van der Waals surface area (Å²) in [4.78, 5) is 14.2. The fraction of sp³-hybridized carbons (Fsp3) is 0.174. The summed E-state index contributed by atoms with van der Waals surface area (Å²) >= 11 is 8.02. The second-order valence-electron chi connectivity index (χ2n) is 7.14. The fourth-order valence-electron chi connectivity index (χ4n) is 3.84. The molecule has 0 fully saturated rings. The number of nitrogen functional groups attached to an aromatic ring is 1. The highest BCUT2D eigenvalue weighted by molar-refractivity contribution is 7.99. The predicted octanol–water partition coefficient (Wildman–Crippen LogP) is 5.13. The van der Waals surface area contributed by atoms with Crippen molar-refractivity contribution in [2.45, 2.75) is 23.3 Å². The second-order valence-corrected chi connectivity index (χ2v) is 8.56. The molecule has 0 unspecified atom stereocenters. The van der Waals surface area contributed by atoms with Gasteiger partial charge < -0.3 is 19.9 Å². The van der Waals surface area contributed by atoms with E-state index in [0.29, 0.717) is 40.7 Å². The fourth-order valence-corrected chi connectivity index (χ4v) is 5.05. The molecule has 2 heterocycles. The molecule has 0 saturated carbocycles. The quantitative estimate of drug-likeness (QED) is 0.433. The Labute approximate surface area is 193 Å². The minimum Gasteiger partial charge on any atom is -0.497 e. The number of ether oxygens (including phenoxy) is 3. The third kappa shape index (κ3) is 3.70. The van der Waals surface area contributed by atoms with Crippen LogP contribution < -0.4 is 15.2 Å². The van der Waals surface area contributed by atoms with E-state index in [4.69, 9.17) is 36.5 Å². The maximum absolute atomic E-state index is 6.71. The van der Waals surface area contributed by atoms with Crippen LogP contribution in [-0.4, -0.2) is 29.2 Å². The van der Waals surface area contributed by atoms with E-state index in [-0.39, 0.29) is 5.95 Å². The maximum atomic E-state index is 6.71. The smallest absolute Gasteiger partial charge is 0.224 e. The van der Waals surface area contributed by atoms with Crippen molar-refractivity contribution in [3.8, 4) is 22.9 Å². The average Bonchev–Trinajstić information content (AvgIpc) is 2.79. The van der Waals surface area contributed by atoms with Crippen molar-refractivity contribution in [3.63, 3.8) is 0 Å². The Morgan fingerprint density at radius 1 is 1.00 bits per heavy atom. The molecule has 3 aromatic carbocycles. The normalized spacial score (nSPS) is 12.7. The highest BCUT2D eigenvalue weighted by atomic mass is 35.5. The summed E-state index contributed by atoms with van der Waals surface area (Å²) in [6.07, 6.45) is 0. The Balaban J connectivity index is 1.64. The lowest BCUT2D eigenvalue weighted by molar-refractivity contribution is 0.103. The van der Waals surface area contributed by atoms with Crippen molar-refractivity contribution in [1.82, 2.24) is 15.0 Å². The van der Waals surface area contributed by atoms with Gasteiger partial charge in [-0.1, -0.05) is 29.8 Å². The molecule has 0 amide bonds. The van der Waals surface area contributed by atoms with Gasteiger partial charge in [0, 0.05) is 5.56 Å². The van der Waals surface area contributed by atoms with Crippen LogP contribution in [0, 0.1) is 0 Å². The number of anilines is 1. The van der Waals surface area contributed by atoms with Crippen LogP contribution in [-0.2, 0) is 18.0 Å². The van der Waals surface area contributed by atoms with Gasteiger partial charge in [-0.2, -0.15) is 9.97 Å². The molecular formula is C23H19ClN4O3S. The molecule has 0 bridgehead atoms. The number of rotatable bonds is 5. The van der Waals surface area contributed by atoms with Crippen molar-refractivity contribution in [2.24, 2.45) is 0 Å². The molecular weight excluding hydrogens is 448 g/mol. The van der Waals surface area contributed by atoms with E-state index < -0.39 is 0 Å². The maximum Gasteiger partial charge on any atom is 0.224 e. The van der Waals surface area contributed by atoms with E-state index >= 15 is 0 Å². The summed E-state index contributed by atoms with van der Waals surface area (Å²) in [5, 5.41) is 3.06. The minimum atomic E-state index is 0.110. The van der Waals surface area contributed by atoms with Crippen LogP contribution in [0.5, 0.6) is 11.5 Å². The summed E-state index contributed by atoms with van der Waals surface area (Å²) in [7, 11) is 3.22. The van der Waals surface area contributed by atoms with Crippen molar-refractivity contribution in [1.29, 1.82) is 0 Å². The molecule has 0 saturated heterocycles. The van der Waals surface area contributed by atoms with E-state index in [1.54, 1.807) is 14.2 Å². The van der Waals surface area contributed by atoms with E-state index in [1.807, 2.05) is 36.4 Å². The number of nitrogens with two attached hydrogens (primary N) is 1. The lowest BCUT2D eigenvalue weighted by Gasteiger charge is -2.20. The Morgan fingerprint density at radius 2 is 1.84 bits per heavy atom. The molecule has 0 radical (unpaired) electrons. The molecule has 32 heavy (non-hydrogen) atoms. The largest absolute Gasteiger partial charge is 0.497 e. The molecule has 5 rings (SSSR count). The number of hydrogen-bond donors (Lipinski definition) is 1. The first-order valence-electron chi connectivity index (χ1n) is 9.80. The van der Waals surface area contributed by atoms with E-state index in [0.717, 1.165) is 32.4 Å². The highest BCUT2D eigenvalue weighted by Crippen LogP contribution is 2.41. The Bertz CT molecular complexity index is 1350. The van der Waals surface area contributed by atoms with Crippen LogP contribution in [0.4, 0.5) is 5.95 Å². The number of aromatic nitrogens is 3. The van der Waals surface area contributed by atoms with Gasteiger partial charge in [0.05, 0.1) is 37.4 Å². The second kappa shape index (κ2) is 8.46. The molecule has 0 aliphatic carbocycles. The molecule has 0 spiro atoms. The van der Waals surface area contributed by atoms with Gasteiger partial charge >= 0.3 is 0 Å².